The van der Waals surface area contributed by atoms with Gasteiger partial charge >= 0.3 is 6.16 Å². The smallest absolute Gasteiger partial charge is 0.424 e. The van der Waals surface area contributed by atoms with Gasteiger partial charge in [0.1, 0.15) is 0 Å². The van der Waals surface area contributed by atoms with Crippen molar-refractivity contribution in [2.24, 2.45) is 0 Å². The normalized spacial score (nSPS) is 40.8. The molecule has 0 aromatic carbocycles. The van der Waals surface area contributed by atoms with Crippen molar-refractivity contribution in [1.29, 1.82) is 0 Å². The van der Waals surface area contributed by atoms with Crippen molar-refractivity contribution >= 4 is 6.16 Å². The van der Waals surface area contributed by atoms with Crippen molar-refractivity contribution in [3.05, 3.63) is 0 Å². The summed E-state index contributed by atoms with van der Waals surface area (Å²) in [6, 6.07) is 0. The molecule has 1 aliphatic rings. The van der Waals surface area contributed by atoms with Crippen molar-refractivity contribution < 1.29 is 14.3 Å². The summed E-state index contributed by atoms with van der Waals surface area (Å²) in [5.41, 5.74) is -0.919. The van der Waals surface area contributed by atoms with Gasteiger partial charge in [0.2, 0.25) is 0 Å². The third-order valence-corrected chi connectivity index (χ3v) is 3.09. The van der Waals surface area contributed by atoms with Gasteiger partial charge < -0.3 is 9.47 Å². The van der Waals surface area contributed by atoms with Crippen LogP contribution in [0.1, 0.15) is 40.5 Å². The van der Waals surface area contributed by atoms with Gasteiger partial charge in [0.05, 0.1) is 0 Å². The van der Waals surface area contributed by atoms with Gasteiger partial charge in [0.25, 0.3) is 0 Å². The predicted molar refractivity (Wildman–Crippen MR) is 45.0 cm³/mol. The number of hydrogen-bond donors (Lipinski definition) is 0. The van der Waals surface area contributed by atoms with Gasteiger partial charge in [-0.25, -0.2) is 4.79 Å². The van der Waals surface area contributed by atoms with Crippen molar-refractivity contribution in [1.82, 2.24) is 0 Å². The summed E-state index contributed by atoms with van der Waals surface area (Å²) >= 11 is 0. The highest BCUT2D eigenvalue weighted by Crippen LogP contribution is 2.41. The molecule has 70 valence electrons. The maximum atomic E-state index is 10.9. The molecule has 1 rings (SSSR count). The highest BCUT2D eigenvalue weighted by Gasteiger charge is 2.54. The lowest BCUT2D eigenvalue weighted by atomic mass is 9.82. The number of carbonyl (C=O) groups is 1. The van der Waals surface area contributed by atoms with Crippen LogP contribution in [0.4, 0.5) is 4.79 Å². The average Bonchev–Trinajstić information content (AvgIpc) is 2.25. The van der Waals surface area contributed by atoms with E-state index in [1.165, 1.54) is 0 Å². The topological polar surface area (TPSA) is 35.5 Å². The zero-order valence-corrected chi connectivity index (χ0v) is 8.14. The van der Waals surface area contributed by atoms with Gasteiger partial charge in [-0.1, -0.05) is 13.8 Å². The molecule has 0 aromatic heterocycles. The number of hydrogen-bond acceptors (Lipinski definition) is 3. The van der Waals surface area contributed by atoms with Crippen LogP contribution in [0, 0.1) is 0 Å². The number of rotatable bonds is 2. The molecule has 0 aliphatic carbocycles. The molecule has 1 fully saturated rings. The molecule has 1 saturated heterocycles. The largest absolute Gasteiger partial charge is 0.509 e. The van der Waals surface area contributed by atoms with Gasteiger partial charge in [0.15, 0.2) is 11.2 Å². The van der Waals surface area contributed by atoms with Crippen LogP contribution < -0.4 is 0 Å². The van der Waals surface area contributed by atoms with Crippen LogP contribution in [-0.4, -0.2) is 17.4 Å². The molecule has 1 aliphatic heterocycles. The Balaban J connectivity index is 2.93. The molecule has 12 heavy (non-hydrogen) atoms. The quantitative estimate of drug-likeness (QED) is 0.600. The van der Waals surface area contributed by atoms with Crippen molar-refractivity contribution in [3.63, 3.8) is 0 Å². The van der Waals surface area contributed by atoms with E-state index >= 15 is 0 Å². The molecule has 0 aromatic rings. The summed E-state index contributed by atoms with van der Waals surface area (Å²) in [5.74, 6) is 0. The van der Waals surface area contributed by atoms with E-state index in [0.717, 1.165) is 12.8 Å². The third-order valence-electron chi connectivity index (χ3n) is 3.09. The van der Waals surface area contributed by atoms with E-state index in [1.807, 2.05) is 27.7 Å². The van der Waals surface area contributed by atoms with E-state index in [9.17, 15) is 4.79 Å². The highest BCUT2D eigenvalue weighted by atomic mass is 16.8. The maximum absolute atomic E-state index is 10.9. The molecule has 0 amide bonds. The predicted octanol–water partition coefficient (Wildman–Crippen LogP) is 2.49. The lowest BCUT2D eigenvalue weighted by Crippen LogP contribution is -2.46. The molecule has 0 saturated carbocycles. The first kappa shape index (κ1) is 9.36. The zero-order chi connectivity index (χ0) is 9.41. The Morgan fingerprint density at radius 3 is 1.67 bits per heavy atom. The van der Waals surface area contributed by atoms with E-state index in [4.69, 9.17) is 9.47 Å². The second kappa shape index (κ2) is 2.64. The summed E-state index contributed by atoms with van der Waals surface area (Å²) in [7, 11) is 0. The zero-order valence-electron chi connectivity index (χ0n) is 8.14. The number of cyclic esters (lactones) is 2. The minimum atomic E-state index is -0.538. The Labute approximate surface area is 73.0 Å². The maximum Gasteiger partial charge on any atom is 0.509 e. The highest BCUT2D eigenvalue weighted by molar-refractivity contribution is 5.64. The van der Waals surface area contributed by atoms with Crippen molar-refractivity contribution in [3.8, 4) is 0 Å². The first-order chi connectivity index (χ1) is 5.47. The van der Waals surface area contributed by atoms with E-state index in [-0.39, 0.29) is 0 Å². The van der Waals surface area contributed by atoms with Crippen LogP contribution >= 0.6 is 0 Å². The standard InChI is InChI=1S/C9H16O3/c1-5-8(3)9(4,6-2)12-7(10)11-8/h5-6H2,1-4H3/t8-,9-/m1/s1. The fraction of sp³-hybridized carbons (Fsp3) is 0.889. The summed E-state index contributed by atoms with van der Waals surface area (Å²) < 4.78 is 10.3. The van der Waals surface area contributed by atoms with Crippen LogP contribution in [0.5, 0.6) is 0 Å². The van der Waals surface area contributed by atoms with Crippen molar-refractivity contribution in [2.75, 3.05) is 0 Å². The summed E-state index contributed by atoms with van der Waals surface area (Å²) in [6.45, 7) is 7.83. The molecule has 0 radical (unpaired) electrons. The molecule has 0 unspecified atom stereocenters. The first-order valence-electron chi connectivity index (χ1n) is 4.39. The Hall–Kier alpha value is -0.730. The van der Waals surface area contributed by atoms with Crippen LogP contribution in [0.15, 0.2) is 0 Å². The van der Waals surface area contributed by atoms with Crippen molar-refractivity contribution in [2.45, 2.75) is 51.7 Å². The lowest BCUT2D eigenvalue weighted by molar-refractivity contribution is -0.0281. The summed E-state index contributed by atoms with van der Waals surface area (Å²) in [5, 5.41) is 0. The van der Waals surface area contributed by atoms with Crippen LogP contribution in [0.3, 0.4) is 0 Å². The molecule has 1 heterocycles. The van der Waals surface area contributed by atoms with Crippen LogP contribution in [-0.2, 0) is 9.47 Å². The molecule has 0 N–H and O–H groups in total. The second-order valence-electron chi connectivity index (χ2n) is 3.62. The molecule has 0 bridgehead atoms. The molecular weight excluding hydrogens is 156 g/mol. The molecule has 2 atom stereocenters. The average molecular weight is 172 g/mol. The van der Waals surface area contributed by atoms with Crippen LogP contribution in [0.25, 0.3) is 0 Å². The van der Waals surface area contributed by atoms with Gasteiger partial charge in [-0.2, -0.15) is 0 Å². The second-order valence-corrected chi connectivity index (χ2v) is 3.62. The Kier molecular flexibility index (Phi) is 2.06. The SMILES string of the molecule is CC[C@@]1(C)OC(=O)O[C@]1(C)CC. The monoisotopic (exact) mass is 172 g/mol. The Bertz CT molecular complexity index is 182. The van der Waals surface area contributed by atoms with E-state index in [0.29, 0.717) is 0 Å². The molecule has 0 spiro atoms. The number of ether oxygens (including phenoxy) is 2. The van der Waals surface area contributed by atoms with Gasteiger partial charge in [-0.3, -0.25) is 0 Å². The van der Waals surface area contributed by atoms with Gasteiger partial charge in [0, 0.05) is 0 Å². The van der Waals surface area contributed by atoms with Crippen LogP contribution in [0.2, 0.25) is 0 Å². The Morgan fingerprint density at radius 2 is 1.42 bits per heavy atom. The minimum Gasteiger partial charge on any atom is -0.424 e. The first-order valence-corrected chi connectivity index (χ1v) is 4.39. The molecular formula is C9H16O3. The Morgan fingerprint density at radius 1 is 1.08 bits per heavy atom. The molecule has 3 nitrogen and oxygen atoms in total. The summed E-state index contributed by atoms with van der Waals surface area (Å²) in [6.07, 6.45) is 1.02. The fourth-order valence-electron chi connectivity index (χ4n) is 1.50. The van der Waals surface area contributed by atoms with E-state index in [2.05, 4.69) is 0 Å². The minimum absolute atomic E-state index is 0.459. The van der Waals surface area contributed by atoms with Gasteiger partial charge in [-0.15, -0.1) is 0 Å². The lowest BCUT2D eigenvalue weighted by Gasteiger charge is -2.33. The third kappa shape index (κ3) is 1.08. The number of carbonyl (C=O) groups excluding carboxylic acids is 1. The van der Waals surface area contributed by atoms with E-state index < -0.39 is 17.4 Å². The van der Waals surface area contributed by atoms with E-state index in [1.54, 1.807) is 0 Å². The summed E-state index contributed by atoms with van der Waals surface area (Å²) in [4.78, 5) is 10.9. The molecule has 3 heteroatoms. The fourth-order valence-corrected chi connectivity index (χ4v) is 1.50. The van der Waals surface area contributed by atoms with Gasteiger partial charge in [-0.05, 0) is 26.7 Å².